The molecule has 0 aliphatic heterocycles. The third-order valence-corrected chi connectivity index (χ3v) is 4.10. The molecule has 3 aromatic rings. The van der Waals surface area contributed by atoms with Crippen LogP contribution in [0.4, 0.5) is 17.3 Å². The molecule has 0 radical (unpaired) electrons. The van der Waals surface area contributed by atoms with E-state index < -0.39 is 0 Å². The molecule has 0 atom stereocenters. The van der Waals surface area contributed by atoms with E-state index >= 15 is 0 Å². The predicted molar refractivity (Wildman–Crippen MR) is 109 cm³/mol. The molecule has 8 heteroatoms. The minimum absolute atomic E-state index is 0.234. The molecule has 1 heterocycles. The van der Waals surface area contributed by atoms with Crippen LogP contribution in [-0.4, -0.2) is 30.1 Å². The Morgan fingerprint density at radius 1 is 1.00 bits per heavy atom. The van der Waals surface area contributed by atoms with Gasteiger partial charge in [-0.2, -0.15) is 0 Å². The minimum atomic E-state index is -0.349. The molecule has 2 N–H and O–H groups in total. The molecule has 144 valence electrons. The highest BCUT2D eigenvalue weighted by atomic mass is 35.5. The number of aromatic nitrogens is 2. The van der Waals surface area contributed by atoms with Crippen molar-refractivity contribution in [1.82, 2.24) is 9.97 Å². The van der Waals surface area contributed by atoms with Crippen LogP contribution in [0.1, 0.15) is 16.2 Å². The first-order valence-corrected chi connectivity index (χ1v) is 8.78. The fourth-order valence-electron chi connectivity index (χ4n) is 2.49. The van der Waals surface area contributed by atoms with Gasteiger partial charge in [-0.3, -0.25) is 4.79 Å². The van der Waals surface area contributed by atoms with Gasteiger partial charge in [0.05, 0.1) is 19.9 Å². The van der Waals surface area contributed by atoms with Gasteiger partial charge in [-0.25, -0.2) is 9.97 Å². The molecule has 28 heavy (non-hydrogen) atoms. The van der Waals surface area contributed by atoms with Crippen LogP contribution in [-0.2, 0) is 0 Å². The van der Waals surface area contributed by atoms with Crippen LogP contribution in [0.15, 0.2) is 48.5 Å². The van der Waals surface area contributed by atoms with Crippen LogP contribution >= 0.6 is 11.6 Å². The highest BCUT2D eigenvalue weighted by molar-refractivity contribution is 6.30. The Labute approximate surface area is 167 Å². The van der Waals surface area contributed by atoms with E-state index in [9.17, 15) is 4.79 Å². The Hall–Kier alpha value is -3.32. The molecule has 0 aliphatic rings. The molecule has 0 aliphatic carbocycles. The summed E-state index contributed by atoms with van der Waals surface area (Å²) in [6, 6.07) is 13.8. The number of rotatable bonds is 6. The van der Waals surface area contributed by atoms with Crippen LogP contribution < -0.4 is 20.1 Å². The number of hydrogen-bond acceptors (Lipinski definition) is 6. The smallest absolute Gasteiger partial charge is 0.274 e. The van der Waals surface area contributed by atoms with E-state index in [-0.39, 0.29) is 17.5 Å². The molecule has 0 spiro atoms. The van der Waals surface area contributed by atoms with Gasteiger partial charge >= 0.3 is 0 Å². The van der Waals surface area contributed by atoms with Crippen molar-refractivity contribution in [2.24, 2.45) is 0 Å². The summed E-state index contributed by atoms with van der Waals surface area (Å²) in [4.78, 5) is 21.2. The molecule has 1 aromatic heterocycles. The van der Waals surface area contributed by atoms with Crippen molar-refractivity contribution in [3.63, 3.8) is 0 Å². The van der Waals surface area contributed by atoms with Gasteiger partial charge in [-0.1, -0.05) is 11.6 Å². The molecule has 0 saturated heterocycles. The summed E-state index contributed by atoms with van der Waals surface area (Å²) in [5, 5.41) is 6.46. The Kier molecular flexibility index (Phi) is 5.96. The largest absolute Gasteiger partial charge is 0.497 e. The lowest BCUT2D eigenvalue weighted by Gasteiger charge is -2.12. The molecule has 0 fully saturated rings. The van der Waals surface area contributed by atoms with Crippen molar-refractivity contribution in [2.45, 2.75) is 6.92 Å². The molecule has 0 unspecified atom stereocenters. The first-order chi connectivity index (χ1) is 13.5. The zero-order valence-corrected chi connectivity index (χ0v) is 16.4. The average molecular weight is 399 g/mol. The van der Waals surface area contributed by atoms with Crippen LogP contribution in [0.25, 0.3) is 0 Å². The fourth-order valence-corrected chi connectivity index (χ4v) is 2.62. The SMILES string of the molecule is COc1ccc(Nc2nc(C)cc(C(=O)Nc3ccc(Cl)cc3)n2)c(OC)c1. The number of carbonyl (C=O) groups is 1. The van der Waals surface area contributed by atoms with Gasteiger partial charge < -0.3 is 20.1 Å². The maximum atomic E-state index is 12.6. The summed E-state index contributed by atoms with van der Waals surface area (Å²) in [5.41, 5.74) is 2.15. The van der Waals surface area contributed by atoms with Crippen molar-refractivity contribution in [1.29, 1.82) is 0 Å². The summed E-state index contributed by atoms with van der Waals surface area (Å²) < 4.78 is 10.6. The highest BCUT2D eigenvalue weighted by Crippen LogP contribution is 2.30. The van der Waals surface area contributed by atoms with Crippen molar-refractivity contribution >= 4 is 34.8 Å². The second-order valence-corrected chi connectivity index (χ2v) is 6.31. The maximum Gasteiger partial charge on any atom is 0.274 e. The zero-order valence-electron chi connectivity index (χ0n) is 15.6. The number of halogens is 1. The third kappa shape index (κ3) is 4.69. The molecular weight excluding hydrogens is 380 g/mol. The third-order valence-electron chi connectivity index (χ3n) is 3.84. The second-order valence-electron chi connectivity index (χ2n) is 5.87. The summed E-state index contributed by atoms with van der Waals surface area (Å²) in [6.45, 7) is 1.79. The molecule has 0 saturated carbocycles. The lowest BCUT2D eigenvalue weighted by molar-refractivity contribution is 0.102. The number of ether oxygens (including phenoxy) is 2. The topological polar surface area (TPSA) is 85.4 Å². The van der Waals surface area contributed by atoms with Gasteiger partial charge in [0, 0.05) is 22.5 Å². The van der Waals surface area contributed by atoms with E-state index in [0.717, 1.165) is 0 Å². The first kappa shape index (κ1) is 19.4. The molecule has 3 rings (SSSR count). The molecule has 1 amide bonds. The van der Waals surface area contributed by atoms with E-state index in [2.05, 4.69) is 20.6 Å². The van der Waals surface area contributed by atoms with E-state index in [0.29, 0.717) is 33.6 Å². The Balaban J connectivity index is 1.83. The van der Waals surface area contributed by atoms with Crippen LogP contribution in [0.2, 0.25) is 5.02 Å². The molecule has 2 aromatic carbocycles. The number of anilines is 3. The summed E-state index contributed by atoms with van der Waals surface area (Å²) in [6.07, 6.45) is 0. The van der Waals surface area contributed by atoms with E-state index in [1.165, 1.54) is 0 Å². The number of hydrogen-bond donors (Lipinski definition) is 2. The van der Waals surface area contributed by atoms with Gasteiger partial charge in [0.1, 0.15) is 17.2 Å². The fraction of sp³-hybridized carbons (Fsp3) is 0.150. The Morgan fingerprint density at radius 2 is 1.75 bits per heavy atom. The Morgan fingerprint density at radius 3 is 2.43 bits per heavy atom. The van der Waals surface area contributed by atoms with Gasteiger partial charge in [-0.15, -0.1) is 0 Å². The second kappa shape index (κ2) is 8.58. The number of benzene rings is 2. The van der Waals surface area contributed by atoms with Crippen LogP contribution in [0, 0.1) is 6.92 Å². The van der Waals surface area contributed by atoms with Crippen LogP contribution in [0.3, 0.4) is 0 Å². The monoisotopic (exact) mass is 398 g/mol. The number of methoxy groups -OCH3 is 2. The Bertz CT molecular complexity index is 993. The number of nitrogens with zero attached hydrogens (tertiary/aromatic N) is 2. The summed E-state index contributed by atoms with van der Waals surface area (Å²) in [5.74, 6) is 1.16. The average Bonchev–Trinajstić information content (AvgIpc) is 2.69. The highest BCUT2D eigenvalue weighted by Gasteiger charge is 2.13. The maximum absolute atomic E-state index is 12.6. The molecule has 0 bridgehead atoms. The lowest BCUT2D eigenvalue weighted by atomic mass is 10.2. The summed E-state index contributed by atoms with van der Waals surface area (Å²) in [7, 11) is 3.14. The molecule has 7 nitrogen and oxygen atoms in total. The van der Waals surface area contributed by atoms with Crippen LogP contribution in [0.5, 0.6) is 11.5 Å². The van der Waals surface area contributed by atoms with Crippen molar-refractivity contribution in [2.75, 3.05) is 24.9 Å². The van der Waals surface area contributed by atoms with Gasteiger partial charge in [-0.05, 0) is 49.4 Å². The standard InChI is InChI=1S/C20H19ClN4O3/c1-12-10-17(19(26)23-14-6-4-13(21)5-7-14)25-20(22-12)24-16-9-8-15(27-2)11-18(16)28-3/h4-11H,1-3H3,(H,23,26)(H,22,24,25). The van der Waals surface area contributed by atoms with Gasteiger partial charge in [0.15, 0.2) is 0 Å². The quantitative estimate of drug-likeness (QED) is 0.638. The number of nitrogens with one attached hydrogen (secondary N) is 2. The normalized spacial score (nSPS) is 10.3. The lowest BCUT2D eigenvalue weighted by Crippen LogP contribution is -2.15. The number of aryl methyl sites for hydroxylation is 1. The number of amides is 1. The molecular formula is C20H19ClN4O3. The van der Waals surface area contributed by atoms with E-state index in [1.807, 2.05) is 0 Å². The number of carbonyl (C=O) groups excluding carboxylic acids is 1. The van der Waals surface area contributed by atoms with Crippen molar-refractivity contribution < 1.29 is 14.3 Å². The van der Waals surface area contributed by atoms with Crippen molar-refractivity contribution in [3.8, 4) is 11.5 Å². The first-order valence-electron chi connectivity index (χ1n) is 8.40. The predicted octanol–water partition coefficient (Wildman–Crippen LogP) is 4.45. The van der Waals surface area contributed by atoms with E-state index in [1.54, 1.807) is 69.7 Å². The summed E-state index contributed by atoms with van der Waals surface area (Å²) >= 11 is 5.87. The van der Waals surface area contributed by atoms with Gasteiger partial charge in [0.2, 0.25) is 5.95 Å². The zero-order chi connectivity index (χ0) is 20.1. The van der Waals surface area contributed by atoms with Gasteiger partial charge in [0.25, 0.3) is 5.91 Å². The van der Waals surface area contributed by atoms with Crippen molar-refractivity contribution in [3.05, 3.63) is 64.9 Å². The minimum Gasteiger partial charge on any atom is -0.497 e. The van der Waals surface area contributed by atoms with E-state index in [4.69, 9.17) is 21.1 Å².